The summed E-state index contributed by atoms with van der Waals surface area (Å²) in [4.78, 5) is 4.79. The molecule has 0 radical (unpaired) electrons. The molecule has 1 aromatic heterocycles. The van der Waals surface area contributed by atoms with Crippen LogP contribution in [0.5, 0.6) is 0 Å². The fourth-order valence-corrected chi connectivity index (χ4v) is 3.11. The molecule has 1 aromatic carbocycles. The van der Waals surface area contributed by atoms with Crippen molar-refractivity contribution in [2.24, 2.45) is 11.1 Å². The molecular weight excluding hydrogens is 265 g/mol. The molecule has 21 heavy (non-hydrogen) atoms. The molecule has 1 aliphatic rings. The molecule has 4 heteroatoms. The lowest BCUT2D eigenvalue weighted by atomic mass is 9.84. The average Bonchev–Trinajstić information content (AvgIpc) is 3.16. The van der Waals surface area contributed by atoms with Crippen molar-refractivity contribution in [2.45, 2.75) is 52.0 Å². The molecule has 0 bridgehead atoms. The third-order valence-electron chi connectivity index (χ3n) is 4.10. The third kappa shape index (κ3) is 2.95. The molecule has 114 valence electrons. The number of aromatic nitrogens is 2. The fourth-order valence-electron chi connectivity index (χ4n) is 3.11. The number of rotatable bonds is 4. The van der Waals surface area contributed by atoms with Crippen LogP contribution < -0.4 is 5.73 Å². The molecule has 3 nitrogen and oxygen atoms in total. The molecule has 0 aliphatic heterocycles. The second-order valence-electron chi connectivity index (χ2n) is 7.40. The minimum absolute atomic E-state index is 0.196. The summed E-state index contributed by atoms with van der Waals surface area (Å²) >= 11 is 0. The van der Waals surface area contributed by atoms with Gasteiger partial charge in [-0.2, -0.15) is 0 Å². The molecule has 1 atom stereocenters. The van der Waals surface area contributed by atoms with Crippen molar-refractivity contribution in [3.8, 4) is 0 Å². The van der Waals surface area contributed by atoms with E-state index < -0.39 is 0 Å². The van der Waals surface area contributed by atoms with Crippen molar-refractivity contribution in [3.05, 3.63) is 29.8 Å². The Kier molecular flexibility index (Phi) is 3.52. The van der Waals surface area contributed by atoms with Crippen LogP contribution in [0.15, 0.2) is 18.2 Å². The van der Waals surface area contributed by atoms with Gasteiger partial charge >= 0.3 is 0 Å². The van der Waals surface area contributed by atoms with Crippen molar-refractivity contribution in [1.82, 2.24) is 9.55 Å². The van der Waals surface area contributed by atoms with Gasteiger partial charge in [-0.15, -0.1) is 0 Å². The van der Waals surface area contributed by atoms with E-state index in [-0.39, 0.29) is 17.2 Å². The van der Waals surface area contributed by atoms with E-state index in [1.54, 1.807) is 12.1 Å². The quantitative estimate of drug-likeness (QED) is 0.925. The molecular formula is C17H24FN3. The fraction of sp³-hybridized carbons (Fsp3) is 0.588. The van der Waals surface area contributed by atoms with Crippen LogP contribution >= 0.6 is 0 Å². The summed E-state index contributed by atoms with van der Waals surface area (Å²) < 4.78 is 15.8. The first-order valence-electron chi connectivity index (χ1n) is 7.76. The van der Waals surface area contributed by atoms with Gasteiger partial charge in [0.05, 0.1) is 11.0 Å². The Bertz CT molecular complexity index is 650. The molecule has 2 aromatic rings. The van der Waals surface area contributed by atoms with Crippen LogP contribution in [-0.4, -0.2) is 16.1 Å². The molecule has 0 spiro atoms. The minimum atomic E-state index is -0.198. The molecule has 1 heterocycles. The lowest BCUT2D eigenvalue weighted by Gasteiger charge is -2.25. The van der Waals surface area contributed by atoms with Crippen LogP contribution in [0.4, 0.5) is 4.39 Å². The molecule has 1 aliphatic carbocycles. The van der Waals surface area contributed by atoms with E-state index in [0.717, 1.165) is 36.1 Å². The summed E-state index contributed by atoms with van der Waals surface area (Å²) in [5, 5.41) is 0. The second-order valence-corrected chi connectivity index (χ2v) is 7.40. The summed E-state index contributed by atoms with van der Waals surface area (Å²) in [6.07, 6.45) is 3.30. The van der Waals surface area contributed by atoms with Gasteiger partial charge in [0.15, 0.2) is 0 Å². The number of nitrogens with two attached hydrogens (primary N) is 1. The van der Waals surface area contributed by atoms with Crippen molar-refractivity contribution in [2.75, 3.05) is 6.54 Å². The van der Waals surface area contributed by atoms with Gasteiger partial charge in [0.25, 0.3) is 0 Å². The van der Waals surface area contributed by atoms with Crippen LogP contribution in [0, 0.1) is 11.2 Å². The molecule has 1 fully saturated rings. The highest BCUT2D eigenvalue weighted by atomic mass is 19.1. The SMILES string of the molecule is CC(C)(C)CC(CN)c1nc2ccc(F)cc2n1C1CC1. The number of imidazole rings is 1. The zero-order valence-corrected chi connectivity index (χ0v) is 13.1. The van der Waals surface area contributed by atoms with Crippen molar-refractivity contribution in [3.63, 3.8) is 0 Å². The molecule has 0 saturated heterocycles. The minimum Gasteiger partial charge on any atom is -0.330 e. The topological polar surface area (TPSA) is 43.8 Å². The lowest BCUT2D eigenvalue weighted by Crippen LogP contribution is -2.22. The lowest BCUT2D eigenvalue weighted by molar-refractivity contribution is 0.332. The largest absolute Gasteiger partial charge is 0.330 e. The van der Waals surface area contributed by atoms with Crippen LogP contribution in [0.25, 0.3) is 11.0 Å². The zero-order chi connectivity index (χ0) is 15.2. The number of benzene rings is 1. The van der Waals surface area contributed by atoms with Gasteiger partial charge in [-0.1, -0.05) is 20.8 Å². The highest BCUT2D eigenvalue weighted by molar-refractivity contribution is 5.76. The average molecular weight is 289 g/mol. The summed E-state index contributed by atoms with van der Waals surface area (Å²) in [6, 6.07) is 5.34. The maximum absolute atomic E-state index is 13.6. The van der Waals surface area contributed by atoms with Crippen molar-refractivity contribution >= 4 is 11.0 Å². The van der Waals surface area contributed by atoms with E-state index in [4.69, 9.17) is 10.7 Å². The van der Waals surface area contributed by atoms with E-state index in [1.807, 2.05) is 0 Å². The second kappa shape index (κ2) is 5.09. The maximum atomic E-state index is 13.6. The Hall–Kier alpha value is -1.42. The Morgan fingerprint density at radius 1 is 1.38 bits per heavy atom. The highest BCUT2D eigenvalue weighted by Gasteiger charge is 2.32. The van der Waals surface area contributed by atoms with Crippen LogP contribution in [0.3, 0.4) is 0 Å². The number of nitrogens with zero attached hydrogens (tertiary/aromatic N) is 2. The smallest absolute Gasteiger partial charge is 0.125 e. The van der Waals surface area contributed by atoms with E-state index in [2.05, 4.69) is 25.3 Å². The predicted molar refractivity (Wildman–Crippen MR) is 83.8 cm³/mol. The number of hydrogen-bond acceptors (Lipinski definition) is 2. The molecule has 1 unspecified atom stereocenters. The summed E-state index contributed by atoms with van der Waals surface area (Å²) in [5.74, 6) is 1.06. The molecule has 3 rings (SSSR count). The van der Waals surface area contributed by atoms with Crippen LogP contribution in [0.2, 0.25) is 0 Å². The van der Waals surface area contributed by atoms with Crippen LogP contribution in [-0.2, 0) is 0 Å². The van der Waals surface area contributed by atoms with Gasteiger partial charge in [-0.05, 0) is 42.9 Å². The van der Waals surface area contributed by atoms with Gasteiger partial charge < -0.3 is 10.3 Å². The van der Waals surface area contributed by atoms with Gasteiger partial charge in [0.2, 0.25) is 0 Å². The van der Waals surface area contributed by atoms with E-state index >= 15 is 0 Å². The Morgan fingerprint density at radius 3 is 2.67 bits per heavy atom. The van der Waals surface area contributed by atoms with Gasteiger partial charge in [0.1, 0.15) is 11.6 Å². The Morgan fingerprint density at radius 2 is 2.10 bits per heavy atom. The van der Waals surface area contributed by atoms with Crippen molar-refractivity contribution in [1.29, 1.82) is 0 Å². The third-order valence-corrected chi connectivity index (χ3v) is 4.10. The summed E-state index contributed by atoms with van der Waals surface area (Å²) in [7, 11) is 0. The summed E-state index contributed by atoms with van der Waals surface area (Å²) in [6.45, 7) is 7.24. The molecule has 1 saturated carbocycles. The molecule has 2 N–H and O–H groups in total. The highest BCUT2D eigenvalue weighted by Crippen LogP contribution is 2.42. The number of hydrogen-bond donors (Lipinski definition) is 1. The maximum Gasteiger partial charge on any atom is 0.125 e. The first kappa shape index (κ1) is 14.5. The number of halogens is 1. The predicted octanol–water partition coefficient (Wildman–Crippen LogP) is 3.99. The molecule has 0 amide bonds. The van der Waals surface area contributed by atoms with Gasteiger partial charge in [0, 0.05) is 18.5 Å². The standard InChI is InChI=1S/C17H24FN3/c1-17(2,3)9-11(10-19)16-20-14-7-4-12(18)8-15(14)21(16)13-5-6-13/h4,7-8,11,13H,5-6,9-10,19H2,1-3H3. The van der Waals surface area contributed by atoms with Gasteiger partial charge in [-0.25, -0.2) is 9.37 Å². The zero-order valence-electron chi connectivity index (χ0n) is 13.1. The monoisotopic (exact) mass is 289 g/mol. The Balaban J connectivity index is 2.10. The first-order chi connectivity index (χ1) is 9.89. The van der Waals surface area contributed by atoms with E-state index in [0.29, 0.717) is 12.6 Å². The normalized spacial score (nSPS) is 17.4. The van der Waals surface area contributed by atoms with Crippen molar-refractivity contribution < 1.29 is 4.39 Å². The number of fused-ring (bicyclic) bond motifs is 1. The Labute approximate surface area is 125 Å². The van der Waals surface area contributed by atoms with E-state index in [1.165, 1.54) is 6.07 Å². The van der Waals surface area contributed by atoms with Crippen LogP contribution in [0.1, 0.15) is 57.8 Å². The summed E-state index contributed by atoms with van der Waals surface area (Å²) in [5.41, 5.74) is 8.02. The van der Waals surface area contributed by atoms with E-state index in [9.17, 15) is 4.39 Å². The first-order valence-corrected chi connectivity index (χ1v) is 7.76. The van der Waals surface area contributed by atoms with Gasteiger partial charge in [-0.3, -0.25) is 0 Å².